The molecule has 2 aromatic heterocycles. The number of aromatic nitrogens is 1. The normalized spacial score (nSPS) is 10.7. The topological polar surface area (TPSA) is 55.1 Å². The Kier molecular flexibility index (Phi) is 4.13. The van der Waals surface area contributed by atoms with Crippen LogP contribution in [0.5, 0.6) is 0 Å². The Morgan fingerprint density at radius 3 is 2.77 bits per heavy atom. The first-order valence-electron chi connectivity index (χ1n) is 6.63. The third-order valence-electron chi connectivity index (χ3n) is 3.18. The minimum absolute atomic E-state index is 0.246. The predicted molar refractivity (Wildman–Crippen MR) is 91.4 cm³/mol. The van der Waals surface area contributed by atoms with E-state index >= 15 is 0 Å². The SMILES string of the molecule is Cc1ccc(-c2csc(NC(=O)c3ccc(Br)o3)n2)c(C)c1. The fourth-order valence-corrected chi connectivity index (χ4v) is 3.16. The molecule has 1 amide bonds. The van der Waals surface area contributed by atoms with Crippen molar-refractivity contribution in [2.75, 3.05) is 5.32 Å². The van der Waals surface area contributed by atoms with E-state index in [0.717, 1.165) is 16.8 Å². The van der Waals surface area contributed by atoms with Crippen LogP contribution in [0.2, 0.25) is 0 Å². The molecular weight excluding hydrogens is 364 g/mol. The first-order chi connectivity index (χ1) is 10.5. The van der Waals surface area contributed by atoms with Gasteiger partial charge in [0.2, 0.25) is 0 Å². The van der Waals surface area contributed by atoms with Crippen molar-refractivity contribution in [3.63, 3.8) is 0 Å². The fraction of sp³-hybridized carbons (Fsp3) is 0.125. The summed E-state index contributed by atoms with van der Waals surface area (Å²) in [4.78, 5) is 16.5. The van der Waals surface area contributed by atoms with E-state index in [-0.39, 0.29) is 11.7 Å². The summed E-state index contributed by atoms with van der Waals surface area (Å²) in [5.41, 5.74) is 4.31. The zero-order valence-electron chi connectivity index (χ0n) is 12.0. The van der Waals surface area contributed by atoms with Crippen LogP contribution in [0, 0.1) is 13.8 Å². The smallest absolute Gasteiger partial charge is 0.293 e. The van der Waals surface area contributed by atoms with Crippen molar-refractivity contribution in [2.45, 2.75) is 13.8 Å². The van der Waals surface area contributed by atoms with Crippen molar-refractivity contribution < 1.29 is 9.21 Å². The summed E-state index contributed by atoms with van der Waals surface area (Å²) < 4.78 is 5.74. The summed E-state index contributed by atoms with van der Waals surface area (Å²) in [7, 11) is 0. The molecule has 0 spiro atoms. The Bertz CT molecular complexity index is 838. The van der Waals surface area contributed by atoms with Gasteiger partial charge in [-0.1, -0.05) is 23.8 Å². The number of amides is 1. The molecule has 4 nitrogen and oxygen atoms in total. The third kappa shape index (κ3) is 3.13. The highest BCUT2D eigenvalue weighted by Crippen LogP contribution is 2.28. The molecule has 22 heavy (non-hydrogen) atoms. The molecule has 0 atom stereocenters. The van der Waals surface area contributed by atoms with Gasteiger partial charge in [-0.05, 0) is 47.5 Å². The number of nitrogens with one attached hydrogen (secondary N) is 1. The van der Waals surface area contributed by atoms with Gasteiger partial charge in [0.1, 0.15) is 0 Å². The van der Waals surface area contributed by atoms with Crippen LogP contribution in [-0.2, 0) is 0 Å². The molecule has 0 bridgehead atoms. The van der Waals surface area contributed by atoms with E-state index in [0.29, 0.717) is 9.80 Å². The van der Waals surface area contributed by atoms with Crippen molar-refractivity contribution >= 4 is 38.3 Å². The van der Waals surface area contributed by atoms with Gasteiger partial charge in [-0.25, -0.2) is 4.98 Å². The molecule has 0 saturated carbocycles. The second-order valence-corrected chi connectivity index (χ2v) is 6.55. The lowest BCUT2D eigenvalue weighted by molar-refractivity contribution is 0.0995. The second kappa shape index (κ2) is 6.06. The summed E-state index contributed by atoms with van der Waals surface area (Å²) in [6.07, 6.45) is 0. The predicted octanol–water partition coefficient (Wildman–Crippen LogP) is 5.03. The minimum atomic E-state index is -0.313. The van der Waals surface area contributed by atoms with Gasteiger partial charge in [0.15, 0.2) is 15.6 Å². The average molecular weight is 377 g/mol. The fourth-order valence-electron chi connectivity index (χ4n) is 2.15. The van der Waals surface area contributed by atoms with E-state index in [4.69, 9.17) is 4.42 Å². The Balaban J connectivity index is 1.80. The first-order valence-corrected chi connectivity index (χ1v) is 8.30. The molecule has 0 unspecified atom stereocenters. The van der Waals surface area contributed by atoms with Crippen molar-refractivity contribution in [1.29, 1.82) is 0 Å². The zero-order chi connectivity index (χ0) is 15.7. The maximum atomic E-state index is 12.0. The maximum absolute atomic E-state index is 12.0. The molecule has 3 rings (SSSR count). The van der Waals surface area contributed by atoms with Crippen molar-refractivity contribution in [3.8, 4) is 11.3 Å². The quantitative estimate of drug-likeness (QED) is 0.696. The number of anilines is 1. The molecule has 2 heterocycles. The molecule has 112 valence electrons. The molecule has 6 heteroatoms. The van der Waals surface area contributed by atoms with Gasteiger partial charge in [0.05, 0.1) is 5.69 Å². The van der Waals surface area contributed by atoms with Gasteiger partial charge in [-0.15, -0.1) is 11.3 Å². The number of benzene rings is 1. The Hall–Kier alpha value is -1.92. The molecule has 0 aliphatic carbocycles. The van der Waals surface area contributed by atoms with Gasteiger partial charge in [-0.2, -0.15) is 0 Å². The second-order valence-electron chi connectivity index (χ2n) is 4.91. The molecular formula is C16H13BrN2O2S. The molecule has 0 aliphatic rings. The average Bonchev–Trinajstić information content (AvgIpc) is 3.08. The van der Waals surface area contributed by atoms with E-state index in [1.165, 1.54) is 16.9 Å². The van der Waals surface area contributed by atoms with Gasteiger partial charge in [-0.3, -0.25) is 10.1 Å². The van der Waals surface area contributed by atoms with Crippen LogP contribution in [0.1, 0.15) is 21.7 Å². The number of hydrogen-bond acceptors (Lipinski definition) is 4. The number of carbonyl (C=O) groups is 1. The van der Waals surface area contributed by atoms with Crippen molar-refractivity contribution in [2.24, 2.45) is 0 Å². The van der Waals surface area contributed by atoms with E-state index < -0.39 is 0 Å². The highest BCUT2D eigenvalue weighted by Gasteiger charge is 2.13. The monoisotopic (exact) mass is 376 g/mol. The van der Waals surface area contributed by atoms with Crippen LogP contribution in [0.4, 0.5) is 5.13 Å². The number of nitrogens with zero attached hydrogens (tertiary/aromatic N) is 1. The van der Waals surface area contributed by atoms with Crippen LogP contribution in [0.15, 0.2) is 44.8 Å². The Morgan fingerprint density at radius 1 is 1.27 bits per heavy atom. The highest BCUT2D eigenvalue weighted by atomic mass is 79.9. The highest BCUT2D eigenvalue weighted by molar-refractivity contribution is 9.10. The molecule has 3 aromatic rings. The van der Waals surface area contributed by atoms with Gasteiger partial charge >= 0.3 is 0 Å². The number of carbonyl (C=O) groups excluding carboxylic acids is 1. The van der Waals surface area contributed by atoms with E-state index in [1.807, 2.05) is 5.38 Å². The summed E-state index contributed by atoms with van der Waals surface area (Å²) in [5.74, 6) is -0.0673. The van der Waals surface area contributed by atoms with Crippen LogP contribution in [-0.4, -0.2) is 10.9 Å². The van der Waals surface area contributed by atoms with E-state index in [9.17, 15) is 4.79 Å². The minimum Gasteiger partial charge on any atom is -0.444 e. The number of halogens is 1. The van der Waals surface area contributed by atoms with Gasteiger partial charge < -0.3 is 4.42 Å². The molecule has 1 aromatic carbocycles. The standard InChI is InChI=1S/C16H13BrN2O2S/c1-9-3-4-11(10(2)7-9)12-8-22-16(18-12)19-15(20)13-5-6-14(17)21-13/h3-8H,1-2H3,(H,18,19,20). The van der Waals surface area contributed by atoms with Gasteiger partial charge in [0, 0.05) is 10.9 Å². The lowest BCUT2D eigenvalue weighted by atomic mass is 10.0. The first kappa shape index (κ1) is 15.0. The summed E-state index contributed by atoms with van der Waals surface area (Å²) in [6, 6.07) is 9.51. The van der Waals surface area contributed by atoms with E-state index in [2.05, 4.69) is 58.3 Å². The largest absolute Gasteiger partial charge is 0.444 e. The van der Waals surface area contributed by atoms with Crippen LogP contribution < -0.4 is 5.32 Å². The Morgan fingerprint density at radius 2 is 2.09 bits per heavy atom. The number of aryl methyl sites for hydroxylation is 2. The number of hydrogen-bond donors (Lipinski definition) is 1. The van der Waals surface area contributed by atoms with Crippen molar-refractivity contribution in [3.05, 3.63) is 57.3 Å². The summed E-state index contributed by atoms with van der Waals surface area (Å²) in [6.45, 7) is 4.12. The van der Waals surface area contributed by atoms with Gasteiger partial charge in [0.25, 0.3) is 5.91 Å². The lowest BCUT2D eigenvalue weighted by Crippen LogP contribution is -2.10. The molecule has 0 fully saturated rings. The lowest BCUT2D eigenvalue weighted by Gasteiger charge is -2.03. The van der Waals surface area contributed by atoms with Crippen LogP contribution in [0.3, 0.4) is 0 Å². The Labute approximate surface area is 140 Å². The summed E-state index contributed by atoms with van der Waals surface area (Å²) >= 11 is 4.57. The molecule has 0 saturated heterocycles. The van der Waals surface area contributed by atoms with Crippen molar-refractivity contribution in [1.82, 2.24) is 4.98 Å². The maximum Gasteiger partial charge on any atom is 0.293 e. The zero-order valence-corrected chi connectivity index (χ0v) is 14.4. The van der Waals surface area contributed by atoms with E-state index in [1.54, 1.807) is 12.1 Å². The summed E-state index contributed by atoms with van der Waals surface area (Å²) in [5, 5.41) is 5.23. The third-order valence-corrected chi connectivity index (χ3v) is 4.36. The molecule has 0 aliphatic heterocycles. The molecule has 1 N–H and O–H groups in total. The number of rotatable bonds is 3. The number of furan rings is 1. The van der Waals surface area contributed by atoms with Crippen LogP contribution in [0.25, 0.3) is 11.3 Å². The number of thiazole rings is 1. The van der Waals surface area contributed by atoms with Crippen LogP contribution >= 0.6 is 27.3 Å². The molecule has 0 radical (unpaired) electrons.